The number of fused-ring (bicyclic) bond motifs is 1. The molecular weight excluding hydrogens is 276 g/mol. The van der Waals surface area contributed by atoms with Gasteiger partial charge in [-0.25, -0.2) is 0 Å². The minimum Gasteiger partial charge on any atom is -0.322 e. The molecule has 22 heavy (non-hydrogen) atoms. The lowest BCUT2D eigenvalue weighted by Crippen LogP contribution is -2.24. The summed E-state index contributed by atoms with van der Waals surface area (Å²) in [6.07, 6.45) is 3.39. The standard InChI is InChI=1S/C17H22N4O/c1-4-21-10-14(8-18-21)17(22)19-16-7-5-6-13-9-20(12(2)3)11-15(13)16/h5-8,10,12H,4,9,11H2,1-3H3,(H,19,22). The van der Waals surface area contributed by atoms with Crippen molar-refractivity contribution in [1.29, 1.82) is 0 Å². The number of carbonyl (C=O) groups is 1. The minimum atomic E-state index is -0.101. The Hall–Kier alpha value is -2.14. The van der Waals surface area contributed by atoms with Gasteiger partial charge in [0.1, 0.15) is 0 Å². The molecule has 0 unspecified atom stereocenters. The topological polar surface area (TPSA) is 50.2 Å². The number of benzene rings is 1. The van der Waals surface area contributed by atoms with E-state index in [2.05, 4.69) is 35.2 Å². The molecule has 0 saturated carbocycles. The highest BCUT2D eigenvalue weighted by Crippen LogP contribution is 2.30. The molecular formula is C17H22N4O. The fraction of sp³-hybridized carbons (Fsp3) is 0.412. The van der Waals surface area contributed by atoms with Crippen molar-refractivity contribution in [2.75, 3.05) is 5.32 Å². The van der Waals surface area contributed by atoms with Crippen LogP contribution >= 0.6 is 0 Å². The summed E-state index contributed by atoms with van der Waals surface area (Å²) in [5.74, 6) is -0.101. The second kappa shape index (κ2) is 5.93. The maximum atomic E-state index is 12.4. The van der Waals surface area contributed by atoms with Crippen LogP contribution in [0.15, 0.2) is 30.6 Å². The number of amides is 1. The van der Waals surface area contributed by atoms with Gasteiger partial charge in [-0.2, -0.15) is 5.10 Å². The second-order valence-corrected chi connectivity index (χ2v) is 5.98. The van der Waals surface area contributed by atoms with Crippen LogP contribution in [0.4, 0.5) is 5.69 Å². The summed E-state index contributed by atoms with van der Waals surface area (Å²) in [6.45, 7) is 8.99. The van der Waals surface area contributed by atoms with Crippen LogP contribution in [0.25, 0.3) is 0 Å². The molecule has 0 aliphatic carbocycles. The predicted molar refractivity (Wildman–Crippen MR) is 86.7 cm³/mol. The molecule has 5 nitrogen and oxygen atoms in total. The first-order valence-corrected chi connectivity index (χ1v) is 7.77. The first-order valence-electron chi connectivity index (χ1n) is 7.77. The Bertz CT molecular complexity index is 690. The Morgan fingerprint density at radius 2 is 2.18 bits per heavy atom. The summed E-state index contributed by atoms with van der Waals surface area (Å²) in [4.78, 5) is 14.8. The lowest BCUT2D eigenvalue weighted by molar-refractivity contribution is 0.102. The van der Waals surface area contributed by atoms with Gasteiger partial charge in [0, 0.05) is 37.6 Å². The van der Waals surface area contributed by atoms with Crippen LogP contribution < -0.4 is 5.32 Å². The van der Waals surface area contributed by atoms with Gasteiger partial charge in [0.15, 0.2) is 0 Å². The van der Waals surface area contributed by atoms with Crippen LogP contribution in [0, 0.1) is 0 Å². The zero-order valence-corrected chi connectivity index (χ0v) is 13.3. The van der Waals surface area contributed by atoms with E-state index in [4.69, 9.17) is 0 Å². The second-order valence-electron chi connectivity index (χ2n) is 5.98. The number of nitrogens with one attached hydrogen (secondary N) is 1. The van der Waals surface area contributed by atoms with E-state index in [0.717, 1.165) is 25.3 Å². The maximum Gasteiger partial charge on any atom is 0.258 e. The number of nitrogens with zero attached hydrogens (tertiary/aromatic N) is 3. The molecule has 0 saturated heterocycles. The highest BCUT2D eigenvalue weighted by molar-refractivity contribution is 6.04. The summed E-state index contributed by atoms with van der Waals surface area (Å²) < 4.78 is 1.75. The van der Waals surface area contributed by atoms with Gasteiger partial charge in [-0.3, -0.25) is 14.4 Å². The predicted octanol–water partition coefficient (Wildman–Crippen LogP) is 2.88. The van der Waals surface area contributed by atoms with Crippen LogP contribution in [0.3, 0.4) is 0 Å². The van der Waals surface area contributed by atoms with Gasteiger partial charge in [0.2, 0.25) is 0 Å². The molecule has 0 spiro atoms. The Kier molecular flexibility index (Phi) is 3.98. The molecule has 1 aromatic heterocycles. The highest BCUT2D eigenvalue weighted by atomic mass is 16.1. The molecule has 1 aliphatic rings. The fourth-order valence-corrected chi connectivity index (χ4v) is 2.78. The van der Waals surface area contributed by atoms with Gasteiger partial charge in [-0.05, 0) is 38.0 Å². The fourth-order valence-electron chi connectivity index (χ4n) is 2.78. The van der Waals surface area contributed by atoms with Gasteiger partial charge in [-0.15, -0.1) is 0 Å². The molecule has 1 amide bonds. The molecule has 0 atom stereocenters. The molecule has 1 aromatic carbocycles. The van der Waals surface area contributed by atoms with Crippen LogP contribution in [-0.2, 0) is 19.6 Å². The van der Waals surface area contributed by atoms with Crippen LogP contribution in [0.1, 0.15) is 42.3 Å². The van der Waals surface area contributed by atoms with Crippen molar-refractivity contribution >= 4 is 11.6 Å². The van der Waals surface area contributed by atoms with E-state index in [1.165, 1.54) is 11.1 Å². The van der Waals surface area contributed by atoms with Crippen molar-refractivity contribution in [3.05, 3.63) is 47.3 Å². The van der Waals surface area contributed by atoms with Gasteiger partial charge in [0.25, 0.3) is 5.91 Å². The van der Waals surface area contributed by atoms with E-state index >= 15 is 0 Å². The lowest BCUT2D eigenvalue weighted by atomic mass is 10.1. The van der Waals surface area contributed by atoms with E-state index in [0.29, 0.717) is 11.6 Å². The third kappa shape index (κ3) is 2.76. The van der Waals surface area contributed by atoms with Gasteiger partial charge in [-0.1, -0.05) is 12.1 Å². The molecule has 1 aliphatic heterocycles. The summed E-state index contributed by atoms with van der Waals surface area (Å²) in [5.41, 5.74) is 4.04. The summed E-state index contributed by atoms with van der Waals surface area (Å²) in [7, 11) is 0. The van der Waals surface area contributed by atoms with Gasteiger partial charge in [0.05, 0.1) is 11.8 Å². The summed E-state index contributed by atoms with van der Waals surface area (Å²) in [6, 6.07) is 6.62. The molecule has 0 radical (unpaired) electrons. The van der Waals surface area contributed by atoms with Crippen LogP contribution in [-0.4, -0.2) is 26.6 Å². The number of aryl methyl sites for hydroxylation is 1. The normalized spacial score (nSPS) is 14.4. The third-order valence-corrected chi connectivity index (χ3v) is 4.21. The quantitative estimate of drug-likeness (QED) is 0.944. The number of carbonyl (C=O) groups excluding carboxylic acids is 1. The smallest absolute Gasteiger partial charge is 0.258 e. The van der Waals surface area contributed by atoms with Crippen molar-refractivity contribution in [2.45, 2.75) is 46.4 Å². The van der Waals surface area contributed by atoms with Crippen molar-refractivity contribution in [3.8, 4) is 0 Å². The molecule has 116 valence electrons. The molecule has 2 aromatic rings. The molecule has 3 rings (SSSR count). The van der Waals surface area contributed by atoms with E-state index in [1.54, 1.807) is 17.1 Å². The van der Waals surface area contributed by atoms with Crippen molar-refractivity contribution in [2.24, 2.45) is 0 Å². The Labute approximate surface area is 130 Å². The van der Waals surface area contributed by atoms with Crippen molar-refractivity contribution in [1.82, 2.24) is 14.7 Å². The zero-order valence-electron chi connectivity index (χ0n) is 13.3. The first-order chi connectivity index (χ1) is 10.6. The number of hydrogen-bond donors (Lipinski definition) is 1. The maximum absolute atomic E-state index is 12.4. The number of hydrogen-bond acceptors (Lipinski definition) is 3. The summed E-state index contributed by atoms with van der Waals surface area (Å²) in [5, 5.41) is 7.19. The largest absolute Gasteiger partial charge is 0.322 e. The van der Waals surface area contributed by atoms with Gasteiger partial charge >= 0.3 is 0 Å². The Morgan fingerprint density at radius 1 is 1.36 bits per heavy atom. The van der Waals surface area contributed by atoms with E-state index in [9.17, 15) is 4.79 Å². The lowest BCUT2D eigenvalue weighted by Gasteiger charge is -2.19. The molecule has 0 bridgehead atoms. The van der Waals surface area contributed by atoms with Crippen molar-refractivity contribution in [3.63, 3.8) is 0 Å². The molecule has 1 N–H and O–H groups in total. The minimum absolute atomic E-state index is 0.101. The van der Waals surface area contributed by atoms with Crippen LogP contribution in [0.2, 0.25) is 0 Å². The average molecular weight is 298 g/mol. The molecule has 0 fully saturated rings. The van der Waals surface area contributed by atoms with E-state index in [1.807, 2.05) is 19.1 Å². The molecule has 5 heteroatoms. The Balaban J connectivity index is 1.80. The number of anilines is 1. The zero-order chi connectivity index (χ0) is 15.7. The summed E-state index contributed by atoms with van der Waals surface area (Å²) >= 11 is 0. The third-order valence-electron chi connectivity index (χ3n) is 4.21. The van der Waals surface area contributed by atoms with Gasteiger partial charge < -0.3 is 5.32 Å². The van der Waals surface area contributed by atoms with E-state index < -0.39 is 0 Å². The average Bonchev–Trinajstić information content (AvgIpc) is 3.14. The SMILES string of the molecule is CCn1cc(C(=O)Nc2cccc3c2CN(C(C)C)C3)cn1. The number of aromatic nitrogens is 2. The monoisotopic (exact) mass is 298 g/mol. The number of rotatable bonds is 4. The van der Waals surface area contributed by atoms with Crippen LogP contribution in [0.5, 0.6) is 0 Å². The Morgan fingerprint density at radius 3 is 2.86 bits per heavy atom. The van der Waals surface area contributed by atoms with E-state index in [-0.39, 0.29) is 5.91 Å². The molecule has 2 heterocycles. The highest BCUT2D eigenvalue weighted by Gasteiger charge is 2.24. The van der Waals surface area contributed by atoms with Crippen molar-refractivity contribution < 1.29 is 4.79 Å². The first kappa shape index (κ1) is 14.8.